The summed E-state index contributed by atoms with van der Waals surface area (Å²) in [6.45, 7) is 1.73. The summed E-state index contributed by atoms with van der Waals surface area (Å²) in [6, 6.07) is 19.9. The van der Waals surface area contributed by atoms with Gasteiger partial charge in [-0.15, -0.1) is 0 Å². The number of nitrogens with two attached hydrogens (primary N) is 1. The number of guanidine groups is 1. The molecule has 1 heterocycles. The van der Waals surface area contributed by atoms with E-state index in [2.05, 4.69) is 10.5 Å². The first-order chi connectivity index (χ1) is 13.9. The van der Waals surface area contributed by atoms with Crippen molar-refractivity contribution in [2.75, 3.05) is 0 Å². The number of benzene rings is 3. The van der Waals surface area contributed by atoms with Gasteiger partial charge in [0, 0.05) is 17.1 Å². The van der Waals surface area contributed by atoms with Gasteiger partial charge in [-0.2, -0.15) is 5.10 Å². The molecule has 0 saturated heterocycles. The van der Waals surface area contributed by atoms with Gasteiger partial charge in [0.05, 0.1) is 16.1 Å². The SMILES string of the molecule is CC(=NNC(=N)N)c1cn(S(=O)(=O)c2ccc3ccccc3c2)c2ccccc12. The summed E-state index contributed by atoms with van der Waals surface area (Å²) in [5.41, 5.74) is 9.39. The molecule has 146 valence electrons. The van der Waals surface area contributed by atoms with E-state index in [0.29, 0.717) is 16.8 Å². The first-order valence-electron chi connectivity index (χ1n) is 8.87. The Hall–Kier alpha value is -3.65. The van der Waals surface area contributed by atoms with Crippen LogP contribution in [0.5, 0.6) is 0 Å². The van der Waals surface area contributed by atoms with Crippen LogP contribution >= 0.6 is 0 Å². The van der Waals surface area contributed by atoms with E-state index in [-0.39, 0.29) is 10.9 Å². The Morgan fingerprint density at radius 2 is 1.72 bits per heavy atom. The van der Waals surface area contributed by atoms with Crippen molar-refractivity contribution < 1.29 is 8.42 Å². The molecule has 0 saturated carbocycles. The van der Waals surface area contributed by atoms with Crippen molar-refractivity contribution in [3.8, 4) is 0 Å². The van der Waals surface area contributed by atoms with Crippen molar-refractivity contribution in [2.45, 2.75) is 11.8 Å². The highest BCUT2D eigenvalue weighted by molar-refractivity contribution is 7.90. The number of hydrogen-bond donors (Lipinski definition) is 3. The minimum absolute atomic E-state index is 0.208. The molecule has 0 aliphatic rings. The van der Waals surface area contributed by atoms with Crippen LogP contribution in [0.3, 0.4) is 0 Å². The van der Waals surface area contributed by atoms with Gasteiger partial charge in [-0.05, 0) is 35.9 Å². The summed E-state index contributed by atoms with van der Waals surface area (Å²) < 4.78 is 28.2. The Labute approximate surface area is 168 Å². The highest BCUT2D eigenvalue weighted by atomic mass is 32.2. The van der Waals surface area contributed by atoms with Gasteiger partial charge in [0.15, 0.2) is 0 Å². The minimum Gasteiger partial charge on any atom is -0.369 e. The van der Waals surface area contributed by atoms with Crippen LogP contribution in [0.4, 0.5) is 0 Å². The summed E-state index contributed by atoms with van der Waals surface area (Å²) in [7, 11) is -3.83. The Morgan fingerprint density at radius 3 is 2.48 bits per heavy atom. The molecule has 29 heavy (non-hydrogen) atoms. The Kier molecular flexibility index (Phi) is 4.56. The van der Waals surface area contributed by atoms with E-state index in [0.717, 1.165) is 16.2 Å². The summed E-state index contributed by atoms with van der Waals surface area (Å²) in [5.74, 6) is -0.295. The van der Waals surface area contributed by atoms with Gasteiger partial charge in [0.1, 0.15) is 0 Å². The Bertz CT molecular complexity index is 1390. The second kappa shape index (κ2) is 7.06. The van der Waals surface area contributed by atoms with Crippen molar-refractivity contribution in [1.82, 2.24) is 9.40 Å². The summed E-state index contributed by atoms with van der Waals surface area (Å²) in [6.07, 6.45) is 1.55. The molecule has 0 amide bonds. The predicted molar refractivity (Wildman–Crippen MR) is 116 cm³/mol. The van der Waals surface area contributed by atoms with Gasteiger partial charge in [-0.1, -0.05) is 48.5 Å². The van der Waals surface area contributed by atoms with E-state index in [1.54, 1.807) is 43.5 Å². The van der Waals surface area contributed by atoms with Crippen LogP contribution in [-0.2, 0) is 10.0 Å². The van der Waals surface area contributed by atoms with E-state index in [4.69, 9.17) is 11.1 Å². The number of aromatic nitrogens is 1. The van der Waals surface area contributed by atoms with Crippen LogP contribution in [0.1, 0.15) is 12.5 Å². The number of hydrogen-bond acceptors (Lipinski definition) is 4. The van der Waals surface area contributed by atoms with Gasteiger partial charge < -0.3 is 5.73 Å². The van der Waals surface area contributed by atoms with Crippen molar-refractivity contribution in [3.05, 3.63) is 78.5 Å². The van der Waals surface area contributed by atoms with E-state index in [1.807, 2.05) is 36.4 Å². The van der Waals surface area contributed by atoms with Crippen LogP contribution in [0.25, 0.3) is 21.7 Å². The molecule has 0 atom stereocenters. The lowest BCUT2D eigenvalue weighted by Crippen LogP contribution is -2.26. The zero-order valence-corrected chi connectivity index (χ0v) is 16.4. The lowest BCUT2D eigenvalue weighted by molar-refractivity contribution is 0.589. The average molecular weight is 405 g/mol. The van der Waals surface area contributed by atoms with Gasteiger partial charge in [0.25, 0.3) is 10.0 Å². The predicted octanol–water partition coefficient (Wildman–Crippen LogP) is 3.24. The molecule has 0 unspecified atom stereocenters. The topological polar surface area (TPSA) is 113 Å². The van der Waals surface area contributed by atoms with E-state index in [1.165, 1.54) is 3.97 Å². The van der Waals surface area contributed by atoms with Crippen molar-refractivity contribution in [3.63, 3.8) is 0 Å². The Morgan fingerprint density at radius 1 is 1.03 bits per heavy atom. The number of rotatable bonds is 4. The molecule has 0 aliphatic heterocycles. The van der Waals surface area contributed by atoms with Gasteiger partial charge in [-0.3, -0.25) is 5.41 Å². The first kappa shape index (κ1) is 18.7. The summed E-state index contributed by atoms with van der Waals surface area (Å²) in [5, 5.41) is 13.9. The molecule has 8 heteroatoms. The molecule has 4 rings (SSSR count). The Balaban J connectivity index is 1.90. The minimum atomic E-state index is -3.83. The number of nitrogens with zero attached hydrogens (tertiary/aromatic N) is 2. The molecule has 0 aliphatic carbocycles. The second-order valence-corrected chi connectivity index (χ2v) is 8.41. The van der Waals surface area contributed by atoms with Crippen molar-refractivity contribution in [2.24, 2.45) is 10.8 Å². The normalized spacial score (nSPS) is 12.4. The summed E-state index contributed by atoms with van der Waals surface area (Å²) >= 11 is 0. The van der Waals surface area contributed by atoms with Crippen molar-refractivity contribution in [1.29, 1.82) is 5.41 Å². The number of fused-ring (bicyclic) bond motifs is 2. The molecule has 0 fully saturated rings. The number of para-hydroxylation sites is 1. The zero-order valence-electron chi connectivity index (χ0n) is 15.6. The van der Waals surface area contributed by atoms with Gasteiger partial charge in [-0.25, -0.2) is 17.8 Å². The monoisotopic (exact) mass is 405 g/mol. The molecular weight excluding hydrogens is 386 g/mol. The second-order valence-electron chi connectivity index (χ2n) is 6.59. The molecule has 4 N–H and O–H groups in total. The van der Waals surface area contributed by atoms with Crippen LogP contribution in [0, 0.1) is 5.41 Å². The van der Waals surface area contributed by atoms with Crippen LogP contribution in [-0.4, -0.2) is 24.1 Å². The lowest BCUT2D eigenvalue weighted by Gasteiger charge is -2.08. The third-order valence-corrected chi connectivity index (χ3v) is 6.36. The smallest absolute Gasteiger partial charge is 0.268 e. The fourth-order valence-electron chi connectivity index (χ4n) is 3.28. The van der Waals surface area contributed by atoms with Crippen LogP contribution in [0.15, 0.2) is 82.9 Å². The van der Waals surface area contributed by atoms with Gasteiger partial charge >= 0.3 is 0 Å². The quantitative estimate of drug-likeness (QED) is 0.275. The van der Waals surface area contributed by atoms with E-state index < -0.39 is 10.0 Å². The standard InChI is InChI=1S/C21H19N5O2S/c1-14(24-25-21(22)23)19-13-26(20-9-5-4-8-18(19)20)29(27,28)17-11-10-15-6-2-3-7-16(15)12-17/h2-13H,1H3,(H4,22,23,25). The van der Waals surface area contributed by atoms with Crippen molar-refractivity contribution >= 4 is 43.4 Å². The van der Waals surface area contributed by atoms with E-state index in [9.17, 15) is 8.42 Å². The first-order valence-corrected chi connectivity index (χ1v) is 10.3. The third-order valence-electron chi connectivity index (χ3n) is 4.69. The highest BCUT2D eigenvalue weighted by Gasteiger charge is 2.22. The van der Waals surface area contributed by atoms with Gasteiger partial charge in [0.2, 0.25) is 5.96 Å². The molecular formula is C21H19N5O2S. The maximum Gasteiger partial charge on any atom is 0.268 e. The molecule has 0 bridgehead atoms. The van der Waals surface area contributed by atoms with Crippen LogP contribution < -0.4 is 11.2 Å². The maximum absolute atomic E-state index is 13.4. The fourth-order valence-corrected chi connectivity index (χ4v) is 4.69. The molecule has 0 radical (unpaired) electrons. The molecule has 3 aromatic carbocycles. The third kappa shape index (κ3) is 3.34. The molecule has 1 aromatic heterocycles. The highest BCUT2D eigenvalue weighted by Crippen LogP contribution is 2.28. The molecule has 0 spiro atoms. The van der Waals surface area contributed by atoms with E-state index >= 15 is 0 Å². The maximum atomic E-state index is 13.4. The summed E-state index contributed by atoms with van der Waals surface area (Å²) in [4.78, 5) is 0.208. The largest absolute Gasteiger partial charge is 0.369 e. The molecule has 7 nitrogen and oxygen atoms in total. The van der Waals surface area contributed by atoms with Crippen LogP contribution in [0.2, 0.25) is 0 Å². The molecule has 4 aromatic rings. The fraction of sp³-hybridized carbons (Fsp3) is 0.0476. The number of nitrogens with one attached hydrogen (secondary N) is 2. The zero-order chi connectivity index (χ0) is 20.6. The lowest BCUT2D eigenvalue weighted by atomic mass is 10.1. The average Bonchev–Trinajstić information content (AvgIpc) is 3.12. The number of hydrazone groups is 1.